The number of benzene rings is 1. The first-order valence-corrected chi connectivity index (χ1v) is 7.92. The third kappa shape index (κ3) is 5.16. The molecule has 2 aromatic rings. The first kappa shape index (κ1) is 17.7. The molecular weight excluding hydrogens is 292 g/mol. The van der Waals surface area contributed by atoms with Crippen molar-refractivity contribution in [2.24, 2.45) is 0 Å². The molecule has 126 valence electrons. The predicted octanol–water partition coefficient (Wildman–Crippen LogP) is 2.84. The summed E-state index contributed by atoms with van der Waals surface area (Å²) in [5, 5.41) is 0. The highest BCUT2D eigenvalue weighted by atomic mass is 16.5. The number of methoxy groups -OCH3 is 1. The number of nitrogens with one attached hydrogen (secondary N) is 1. The molecule has 1 atom stereocenters. The van der Waals surface area contributed by atoms with Crippen LogP contribution in [-0.4, -0.2) is 50.1 Å². The summed E-state index contributed by atoms with van der Waals surface area (Å²) in [7, 11) is 1.67. The fourth-order valence-corrected chi connectivity index (χ4v) is 2.52. The predicted molar refractivity (Wildman–Crippen MR) is 89.9 cm³/mol. The lowest BCUT2D eigenvalue weighted by atomic mass is 9.91. The minimum Gasteiger partial charge on any atom is -0.382 e. The van der Waals surface area contributed by atoms with E-state index in [1.165, 1.54) is 16.7 Å². The van der Waals surface area contributed by atoms with Crippen LogP contribution in [0.2, 0.25) is 0 Å². The van der Waals surface area contributed by atoms with E-state index in [1.54, 1.807) is 13.4 Å². The Balaban J connectivity index is 1.95. The quantitative estimate of drug-likeness (QED) is 0.684. The Hall–Kier alpha value is -1.69. The second-order valence-electron chi connectivity index (χ2n) is 5.53. The van der Waals surface area contributed by atoms with Gasteiger partial charge in [-0.1, -0.05) is 18.2 Å². The summed E-state index contributed by atoms with van der Waals surface area (Å²) in [4.78, 5) is 7.36. The molecule has 1 aromatic heterocycles. The Morgan fingerprint density at radius 1 is 1.09 bits per heavy atom. The molecule has 0 fully saturated rings. The molecule has 0 saturated heterocycles. The molecule has 0 spiro atoms. The lowest BCUT2D eigenvalue weighted by Gasteiger charge is -2.19. The summed E-state index contributed by atoms with van der Waals surface area (Å²) in [6, 6.07) is 6.38. The maximum atomic E-state index is 5.84. The Morgan fingerprint density at radius 2 is 1.87 bits per heavy atom. The molecule has 0 aliphatic rings. The maximum absolute atomic E-state index is 5.84. The number of imidazole rings is 1. The third-order valence-corrected chi connectivity index (χ3v) is 4.01. The Morgan fingerprint density at radius 3 is 2.61 bits per heavy atom. The maximum Gasteiger partial charge on any atom is 0.0921 e. The lowest BCUT2D eigenvalue weighted by molar-refractivity contribution is 0.0230. The van der Waals surface area contributed by atoms with Crippen LogP contribution in [-0.2, 0) is 14.2 Å². The number of aryl methyl sites for hydroxylation is 1. The van der Waals surface area contributed by atoms with Crippen molar-refractivity contribution in [2.45, 2.75) is 19.8 Å². The molecule has 1 heterocycles. The van der Waals surface area contributed by atoms with Crippen LogP contribution < -0.4 is 0 Å². The molecule has 1 aromatic carbocycles. The molecule has 1 N–H and O–H groups in total. The highest BCUT2D eigenvalue weighted by molar-refractivity contribution is 5.39. The van der Waals surface area contributed by atoms with Gasteiger partial charge in [-0.2, -0.15) is 0 Å². The van der Waals surface area contributed by atoms with Crippen molar-refractivity contribution in [1.29, 1.82) is 0 Å². The van der Waals surface area contributed by atoms with E-state index in [0.29, 0.717) is 33.0 Å². The van der Waals surface area contributed by atoms with Crippen LogP contribution in [0.25, 0.3) is 0 Å². The normalized spacial score (nSPS) is 12.5. The van der Waals surface area contributed by atoms with Crippen LogP contribution >= 0.6 is 0 Å². The average Bonchev–Trinajstić information content (AvgIpc) is 3.07. The molecule has 5 nitrogen and oxygen atoms in total. The van der Waals surface area contributed by atoms with E-state index in [2.05, 4.69) is 42.0 Å². The first-order chi connectivity index (χ1) is 11.2. The van der Waals surface area contributed by atoms with Crippen molar-refractivity contribution in [3.8, 4) is 0 Å². The van der Waals surface area contributed by atoms with Gasteiger partial charge in [0.1, 0.15) is 0 Å². The number of hydrogen-bond donors (Lipinski definition) is 1. The van der Waals surface area contributed by atoms with Crippen LogP contribution in [0.1, 0.15) is 28.3 Å². The van der Waals surface area contributed by atoms with Gasteiger partial charge >= 0.3 is 0 Å². The molecule has 0 saturated carbocycles. The molecule has 0 aliphatic carbocycles. The zero-order valence-electron chi connectivity index (χ0n) is 14.2. The molecule has 0 amide bonds. The molecule has 23 heavy (non-hydrogen) atoms. The largest absolute Gasteiger partial charge is 0.382 e. The smallest absolute Gasteiger partial charge is 0.0921 e. The van der Waals surface area contributed by atoms with E-state index in [9.17, 15) is 0 Å². The molecule has 0 aliphatic heterocycles. The molecule has 2 rings (SSSR count). The summed E-state index contributed by atoms with van der Waals surface area (Å²) < 4.78 is 16.2. The molecule has 5 heteroatoms. The van der Waals surface area contributed by atoms with Gasteiger partial charge in [0.05, 0.1) is 39.4 Å². The minimum absolute atomic E-state index is 0.149. The van der Waals surface area contributed by atoms with Gasteiger partial charge in [-0.3, -0.25) is 0 Å². The standard InChI is InChI=1S/C18H26N2O3/c1-14-5-4-6-16(15(14)2)17(18-11-19-13-20-18)12-23-10-9-22-8-7-21-3/h4-6,11,13,17H,7-10,12H2,1-3H3,(H,19,20). The van der Waals surface area contributed by atoms with Crippen molar-refractivity contribution < 1.29 is 14.2 Å². The van der Waals surface area contributed by atoms with Crippen molar-refractivity contribution in [3.63, 3.8) is 0 Å². The van der Waals surface area contributed by atoms with Gasteiger partial charge in [0.25, 0.3) is 0 Å². The average molecular weight is 318 g/mol. The summed E-state index contributed by atoms with van der Waals surface area (Å²) >= 11 is 0. The van der Waals surface area contributed by atoms with Gasteiger partial charge in [-0.25, -0.2) is 4.98 Å². The van der Waals surface area contributed by atoms with Crippen LogP contribution in [0.4, 0.5) is 0 Å². The zero-order valence-corrected chi connectivity index (χ0v) is 14.2. The summed E-state index contributed by atoms with van der Waals surface area (Å²) in [5.74, 6) is 0.149. The number of H-pyrrole nitrogens is 1. The number of ether oxygens (including phenoxy) is 3. The van der Waals surface area contributed by atoms with Gasteiger partial charge in [-0.05, 0) is 30.5 Å². The van der Waals surface area contributed by atoms with Crippen LogP contribution in [0.5, 0.6) is 0 Å². The van der Waals surface area contributed by atoms with Crippen molar-refractivity contribution >= 4 is 0 Å². The Kier molecular flexibility index (Phi) is 7.26. The fraction of sp³-hybridized carbons (Fsp3) is 0.500. The monoisotopic (exact) mass is 318 g/mol. The number of aromatic amines is 1. The van der Waals surface area contributed by atoms with E-state index in [-0.39, 0.29) is 5.92 Å². The fourth-order valence-electron chi connectivity index (χ4n) is 2.52. The second kappa shape index (κ2) is 9.45. The summed E-state index contributed by atoms with van der Waals surface area (Å²) in [6.07, 6.45) is 3.58. The number of hydrogen-bond acceptors (Lipinski definition) is 4. The van der Waals surface area contributed by atoms with E-state index in [1.807, 2.05) is 6.20 Å². The van der Waals surface area contributed by atoms with E-state index < -0.39 is 0 Å². The van der Waals surface area contributed by atoms with Crippen molar-refractivity contribution in [1.82, 2.24) is 9.97 Å². The summed E-state index contributed by atoms with van der Waals surface area (Å²) in [5.41, 5.74) is 4.93. The summed E-state index contributed by atoms with van der Waals surface area (Å²) in [6.45, 7) is 7.24. The van der Waals surface area contributed by atoms with E-state index >= 15 is 0 Å². The number of nitrogens with zero attached hydrogens (tertiary/aromatic N) is 1. The first-order valence-electron chi connectivity index (χ1n) is 7.92. The number of rotatable bonds is 10. The highest BCUT2D eigenvalue weighted by Crippen LogP contribution is 2.27. The second-order valence-corrected chi connectivity index (χ2v) is 5.53. The highest BCUT2D eigenvalue weighted by Gasteiger charge is 2.18. The van der Waals surface area contributed by atoms with E-state index in [0.717, 1.165) is 5.69 Å². The Bertz CT molecular complexity index is 570. The van der Waals surface area contributed by atoms with Crippen LogP contribution in [0.3, 0.4) is 0 Å². The lowest BCUT2D eigenvalue weighted by Crippen LogP contribution is -2.15. The van der Waals surface area contributed by atoms with Crippen LogP contribution in [0.15, 0.2) is 30.7 Å². The van der Waals surface area contributed by atoms with Crippen molar-refractivity contribution in [2.75, 3.05) is 40.1 Å². The minimum atomic E-state index is 0.149. The molecular formula is C18H26N2O3. The van der Waals surface area contributed by atoms with Gasteiger partial charge in [0.15, 0.2) is 0 Å². The van der Waals surface area contributed by atoms with E-state index in [4.69, 9.17) is 14.2 Å². The molecule has 0 bridgehead atoms. The van der Waals surface area contributed by atoms with Crippen LogP contribution in [0, 0.1) is 13.8 Å². The van der Waals surface area contributed by atoms with Gasteiger partial charge in [0, 0.05) is 24.9 Å². The van der Waals surface area contributed by atoms with Gasteiger partial charge in [-0.15, -0.1) is 0 Å². The topological polar surface area (TPSA) is 56.4 Å². The SMILES string of the molecule is COCCOCCOCC(c1cnc[nH]1)c1cccc(C)c1C. The molecule has 1 unspecified atom stereocenters. The number of aromatic nitrogens is 2. The van der Waals surface area contributed by atoms with Gasteiger partial charge in [0.2, 0.25) is 0 Å². The van der Waals surface area contributed by atoms with Gasteiger partial charge < -0.3 is 19.2 Å². The molecule has 0 radical (unpaired) electrons. The Labute approximate surface area is 138 Å². The zero-order chi connectivity index (χ0) is 16.5. The van der Waals surface area contributed by atoms with Crippen molar-refractivity contribution in [3.05, 3.63) is 53.1 Å². The third-order valence-electron chi connectivity index (χ3n) is 4.01.